The maximum atomic E-state index is 12.7. The maximum absolute atomic E-state index is 12.7. The van der Waals surface area contributed by atoms with Gasteiger partial charge in [0, 0.05) is 13.1 Å². The molecule has 2 amide bonds. The van der Waals surface area contributed by atoms with Gasteiger partial charge in [0.15, 0.2) is 11.5 Å². The summed E-state index contributed by atoms with van der Waals surface area (Å²) in [6.45, 7) is 6.57. The molecule has 1 aromatic heterocycles. The van der Waals surface area contributed by atoms with Crippen LogP contribution in [0.25, 0.3) is 0 Å². The van der Waals surface area contributed by atoms with Crippen LogP contribution in [0.15, 0.2) is 35.0 Å². The summed E-state index contributed by atoms with van der Waals surface area (Å²) in [5.41, 5.74) is 2.17. The Balaban J connectivity index is 1.65. The number of rotatable bonds is 6. The second-order valence-corrected chi connectivity index (χ2v) is 6.91. The molecule has 25 heavy (non-hydrogen) atoms. The average molecular weight is 360 g/mol. The van der Waals surface area contributed by atoms with E-state index in [-0.39, 0.29) is 12.1 Å². The molecular weight excluding hydrogens is 336 g/mol. The zero-order chi connectivity index (χ0) is 17.6. The molecule has 6 heteroatoms. The van der Waals surface area contributed by atoms with E-state index in [1.807, 2.05) is 35.4 Å². The van der Waals surface area contributed by atoms with Gasteiger partial charge >= 0.3 is 6.03 Å². The van der Waals surface area contributed by atoms with Crippen LogP contribution in [0, 0.1) is 0 Å². The van der Waals surface area contributed by atoms with Crippen molar-refractivity contribution in [2.24, 2.45) is 0 Å². The van der Waals surface area contributed by atoms with Gasteiger partial charge in [0.25, 0.3) is 0 Å². The van der Waals surface area contributed by atoms with Crippen molar-refractivity contribution in [3.63, 3.8) is 0 Å². The lowest BCUT2D eigenvalue weighted by Crippen LogP contribution is -2.41. The van der Waals surface area contributed by atoms with E-state index < -0.39 is 0 Å². The van der Waals surface area contributed by atoms with Crippen LogP contribution < -0.4 is 14.8 Å². The predicted molar refractivity (Wildman–Crippen MR) is 99.4 cm³/mol. The van der Waals surface area contributed by atoms with Gasteiger partial charge in [-0.1, -0.05) is 13.0 Å². The van der Waals surface area contributed by atoms with Gasteiger partial charge in [0.05, 0.1) is 6.04 Å². The van der Waals surface area contributed by atoms with Crippen molar-refractivity contribution in [2.45, 2.75) is 32.9 Å². The quantitative estimate of drug-likeness (QED) is 0.840. The minimum Gasteiger partial charge on any atom is -0.486 e. The summed E-state index contributed by atoms with van der Waals surface area (Å²) >= 11 is 1.65. The summed E-state index contributed by atoms with van der Waals surface area (Å²) in [4.78, 5) is 14.6. The SMILES string of the molecule is CCCN(Cc1ccsc1)C(=O)N[C@H](C)c1ccc2c(c1)OCCO2. The second-order valence-electron chi connectivity index (χ2n) is 6.13. The number of benzene rings is 1. The lowest BCUT2D eigenvalue weighted by atomic mass is 10.1. The monoisotopic (exact) mass is 360 g/mol. The molecule has 0 radical (unpaired) electrons. The number of fused-ring (bicyclic) bond motifs is 1. The van der Waals surface area contributed by atoms with Gasteiger partial charge in [-0.3, -0.25) is 0 Å². The van der Waals surface area contributed by atoms with E-state index in [2.05, 4.69) is 23.7 Å². The molecule has 3 rings (SSSR count). The van der Waals surface area contributed by atoms with E-state index in [0.29, 0.717) is 19.8 Å². The van der Waals surface area contributed by atoms with Crippen molar-refractivity contribution in [3.8, 4) is 11.5 Å². The van der Waals surface area contributed by atoms with Crippen molar-refractivity contribution >= 4 is 17.4 Å². The molecular formula is C19H24N2O3S. The summed E-state index contributed by atoms with van der Waals surface area (Å²) in [5.74, 6) is 1.51. The number of amides is 2. The number of carbonyl (C=O) groups is 1. The highest BCUT2D eigenvalue weighted by Gasteiger charge is 2.19. The summed E-state index contributed by atoms with van der Waals surface area (Å²) in [6.07, 6.45) is 0.927. The van der Waals surface area contributed by atoms with Crippen molar-refractivity contribution in [2.75, 3.05) is 19.8 Å². The fraction of sp³-hybridized carbons (Fsp3) is 0.421. The molecule has 1 aliphatic rings. The van der Waals surface area contributed by atoms with Gasteiger partial charge in [-0.05, 0) is 53.4 Å². The second kappa shape index (κ2) is 8.25. The molecule has 1 N–H and O–H groups in total. The van der Waals surface area contributed by atoms with E-state index in [1.54, 1.807) is 11.3 Å². The number of thiophene rings is 1. The minimum absolute atomic E-state index is 0.0459. The summed E-state index contributed by atoms with van der Waals surface area (Å²) in [5, 5.41) is 7.21. The summed E-state index contributed by atoms with van der Waals surface area (Å²) in [6, 6.07) is 7.73. The molecule has 0 saturated carbocycles. The van der Waals surface area contributed by atoms with Crippen LogP contribution in [0.4, 0.5) is 4.79 Å². The smallest absolute Gasteiger partial charge is 0.318 e. The third-order valence-electron chi connectivity index (χ3n) is 4.14. The van der Waals surface area contributed by atoms with E-state index >= 15 is 0 Å². The number of nitrogens with zero attached hydrogens (tertiary/aromatic N) is 1. The molecule has 0 aliphatic carbocycles. The number of carbonyl (C=O) groups excluding carboxylic acids is 1. The number of ether oxygens (including phenoxy) is 2. The standard InChI is InChI=1S/C19H24N2O3S/c1-3-7-21(12-15-6-10-25-13-15)19(22)20-14(2)16-4-5-17-18(11-16)24-9-8-23-17/h4-6,10-11,13-14H,3,7-9,12H2,1-2H3,(H,20,22)/t14-/m1/s1. The highest BCUT2D eigenvalue weighted by atomic mass is 32.1. The van der Waals surface area contributed by atoms with Gasteiger partial charge in [-0.15, -0.1) is 0 Å². The lowest BCUT2D eigenvalue weighted by Gasteiger charge is -2.25. The van der Waals surface area contributed by atoms with Crippen molar-refractivity contribution in [1.82, 2.24) is 10.2 Å². The normalized spacial score (nSPS) is 14.0. The Morgan fingerprint density at radius 1 is 1.28 bits per heavy atom. The molecule has 2 aromatic rings. The van der Waals surface area contributed by atoms with Gasteiger partial charge < -0.3 is 19.7 Å². The minimum atomic E-state index is -0.106. The average Bonchev–Trinajstić information content (AvgIpc) is 3.14. The van der Waals surface area contributed by atoms with Crippen LogP contribution in [0.3, 0.4) is 0 Å². The highest BCUT2D eigenvalue weighted by molar-refractivity contribution is 7.07. The maximum Gasteiger partial charge on any atom is 0.318 e. The van der Waals surface area contributed by atoms with Crippen LogP contribution in [-0.4, -0.2) is 30.7 Å². The number of urea groups is 1. The topological polar surface area (TPSA) is 50.8 Å². The first kappa shape index (κ1) is 17.6. The summed E-state index contributed by atoms with van der Waals surface area (Å²) in [7, 11) is 0. The van der Waals surface area contributed by atoms with E-state index in [4.69, 9.17) is 9.47 Å². The molecule has 5 nitrogen and oxygen atoms in total. The number of hydrogen-bond donors (Lipinski definition) is 1. The van der Waals surface area contributed by atoms with Crippen LogP contribution in [0.1, 0.15) is 37.4 Å². The molecule has 0 saturated heterocycles. The Morgan fingerprint density at radius 2 is 2.08 bits per heavy atom. The van der Waals surface area contributed by atoms with Crippen LogP contribution in [0.5, 0.6) is 11.5 Å². The Labute approximate surface area is 152 Å². The zero-order valence-electron chi connectivity index (χ0n) is 14.7. The molecule has 1 aliphatic heterocycles. The third kappa shape index (κ3) is 4.45. The first-order valence-electron chi connectivity index (χ1n) is 8.63. The van der Waals surface area contributed by atoms with Crippen molar-refractivity contribution < 1.29 is 14.3 Å². The van der Waals surface area contributed by atoms with Crippen molar-refractivity contribution in [3.05, 3.63) is 46.2 Å². The van der Waals surface area contributed by atoms with Crippen molar-refractivity contribution in [1.29, 1.82) is 0 Å². The zero-order valence-corrected chi connectivity index (χ0v) is 15.5. The lowest BCUT2D eigenvalue weighted by molar-refractivity contribution is 0.171. The highest BCUT2D eigenvalue weighted by Crippen LogP contribution is 2.32. The molecule has 0 unspecified atom stereocenters. The molecule has 134 valence electrons. The van der Waals surface area contributed by atoms with E-state index in [1.165, 1.54) is 5.56 Å². The Morgan fingerprint density at radius 3 is 2.80 bits per heavy atom. The van der Waals surface area contributed by atoms with Gasteiger partial charge in [0.1, 0.15) is 13.2 Å². The first-order valence-corrected chi connectivity index (χ1v) is 9.57. The number of nitrogens with one attached hydrogen (secondary N) is 1. The molecule has 1 atom stereocenters. The van der Waals surface area contributed by atoms with Crippen LogP contribution >= 0.6 is 11.3 Å². The van der Waals surface area contributed by atoms with Gasteiger partial charge in [-0.25, -0.2) is 4.79 Å². The molecule has 0 bridgehead atoms. The van der Waals surface area contributed by atoms with Crippen LogP contribution in [-0.2, 0) is 6.54 Å². The largest absolute Gasteiger partial charge is 0.486 e. The number of hydrogen-bond acceptors (Lipinski definition) is 4. The fourth-order valence-corrected chi connectivity index (χ4v) is 3.47. The Kier molecular flexibility index (Phi) is 5.81. The third-order valence-corrected chi connectivity index (χ3v) is 4.87. The van der Waals surface area contributed by atoms with Gasteiger partial charge in [-0.2, -0.15) is 11.3 Å². The fourth-order valence-electron chi connectivity index (χ4n) is 2.81. The molecule has 0 spiro atoms. The van der Waals surface area contributed by atoms with Crippen LogP contribution in [0.2, 0.25) is 0 Å². The molecule has 1 aromatic carbocycles. The predicted octanol–water partition coefficient (Wildman–Crippen LogP) is 4.20. The summed E-state index contributed by atoms with van der Waals surface area (Å²) < 4.78 is 11.2. The van der Waals surface area contributed by atoms with E-state index in [9.17, 15) is 4.79 Å². The van der Waals surface area contributed by atoms with Gasteiger partial charge in [0.2, 0.25) is 0 Å². The Bertz CT molecular complexity index is 703. The van der Waals surface area contributed by atoms with E-state index in [0.717, 1.165) is 30.0 Å². The molecule has 2 heterocycles. The Hall–Kier alpha value is -2.21. The first-order chi connectivity index (χ1) is 12.2. The molecule has 0 fully saturated rings.